The van der Waals surface area contributed by atoms with Gasteiger partial charge in [0.05, 0.1) is 26.1 Å². The normalized spacial score (nSPS) is 22.5. The lowest BCUT2D eigenvalue weighted by Gasteiger charge is -2.36. The Morgan fingerprint density at radius 2 is 1.77 bits per heavy atom. The summed E-state index contributed by atoms with van der Waals surface area (Å²) in [6, 6.07) is 10.1. The molecule has 0 saturated carbocycles. The van der Waals surface area contributed by atoms with Gasteiger partial charge in [0.1, 0.15) is 11.4 Å². The lowest BCUT2D eigenvalue weighted by molar-refractivity contribution is -0.272. The first-order valence-corrected chi connectivity index (χ1v) is 8.79. The van der Waals surface area contributed by atoms with Crippen molar-refractivity contribution in [2.24, 2.45) is 0 Å². The smallest absolute Gasteiger partial charge is 0.217 e. The number of furan rings is 1. The quantitative estimate of drug-likeness (QED) is 0.754. The molecule has 1 aliphatic heterocycles. The first-order chi connectivity index (χ1) is 12.6. The average Bonchev–Trinajstić information content (AvgIpc) is 3.18. The number of hydrogen-bond donors (Lipinski definition) is 0. The molecule has 0 radical (unpaired) electrons. The van der Waals surface area contributed by atoms with Crippen LogP contribution >= 0.6 is 0 Å². The van der Waals surface area contributed by atoms with Gasteiger partial charge >= 0.3 is 0 Å². The molecular weight excluding hydrogens is 339 g/mol. The van der Waals surface area contributed by atoms with Gasteiger partial charge in [-0.25, -0.2) is 4.39 Å². The molecule has 3 rings (SSSR count). The third-order valence-electron chi connectivity index (χ3n) is 3.80. The molecule has 5 nitrogen and oxygen atoms in total. The van der Waals surface area contributed by atoms with Crippen molar-refractivity contribution in [2.75, 3.05) is 26.4 Å². The summed E-state index contributed by atoms with van der Waals surface area (Å²) in [5.74, 6) is 0.360. The number of hydrogen-bond acceptors (Lipinski definition) is 5. The Morgan fingerprint density at radius 3 is 2.31 bits per heavy atom. The Kier molecular flexibility index (Phi) is 8.25. The van der Waals surface area contributed by atoms with Crippen molar-refractivity contribution in [1.29, 1.82) is 0 Å². The van der Waals surface area contributed by atoms with Crippen LogP contribution in [0.4, 0.5) is 4.39 Å². The van der Waals surface area contributed by atoms with Crippen molar-refractivity contribution in [1.82, 2.24) is 0 Å². The van der Waals surface area contributed by atoms with Crippen LogP contribution in [0.3, 0.4) is 0 Å². The minimum Gasteiger partial charge on any atom is -0.464 e. The highest BCUT2D eigenvalue weighted by Gasteiger charge is 2.35. The summed E-state index contributed by atoms with van der Waals surface area (Å²) in [6.07, 6.45) is 1.06. The Morgan fingerprint density at radius 1 is 1.08 bits per heavy atom. The maximum atomic E-state index is 13.6. The molecule has 1 fully saturated rings. The van der Waals surface area contributed by atoms with Crippen LogP contribution in [0, 0.1) is 5.82 Å². The van der Waals surface area contributed by atoms with Gasteiger partial charge in [-0.15, -0.1) is 0 Å². The van der Waals surface area contributed by atoms with Gasteiger partial charge < -0.3 is 23.4 Å². The van der Waals surface area contributed by atoms with E-state index in [1.807, 2.05) is 20.8 Å². The lowest BCUT2D eigenvalue weighted by Crippen LogP contribution is -2.44. The third kappa shape index (κ3) is 6.21. The van der Waals surface area contributed by atoms with Gasteiger partial charge in [0.15, 0.2) is 5.76 Å². The van der Waals surface area contributed by atoms with Crippen LogP contribution in [0.2, 0.25) is 0 Å². The topological polar surface area (TPSA) is 50.1 Å². The average molecular weight is 366 g/mol. The number of rotatable bonds is 6. The van der Waals surface area contributed by atoms with E-state index in [1.165, 1.54) is 6.07 Å². The molecule has 0 amide bonds. The summed E-state index contributed by atoms with van der Waals surface area (Å²) in [6.45, 7) is 8.44. The van der Waals surface area contributed by atoms with Gasteiger partial charge in [-0.05, 0) is 39.0 Å². The molecular formula is C20H27FO5. The summed E-state index contributed by atoms with van der Waals surface area (Å²) in [5, 5.41) is 0. The van der Waals surface area contributed by atoms with E-state index in [9.17, 15) is 4.39 Å². The minimum absolute atomic E-state index is 0.182. The minimum atomic E-state index is -0.606. The van der Waals surface area contributed by atoms with Crippen molar-refractivity contribution < 1.29 is 27.8 Å². The van der Waals surface area contributed by atoms with Crippen LogP contribution in [0.5, 0.6) is 0 Å². The van der Waals surface area contributed by atoms with E-state index in [4.69, 9.17) is 23.4 Å². The molecule has 1 aliphatic rings. The number of benzene rings is 1. The largest absolute Gasteiger partial charge is 0.464 e. The molecule has 2 heterocycles. The second-order valence-corrected chi connectivity index (χ2v) is 6.08. The zero-order valence-corrected chi connectivity index (χ0v) is 15.6. The van der Waals surface area contributed by atoms with Crippen LogP contribution in [-0.2, 0) is 25.6 Å². The number of ether oxygens (including phenoxy) is 4. The van der Waals surface area contributed by atoms with E-state index in [2.05, 4.69) is 0 Å². The summed E-state index contributed by atoms with van der Waals surface area (Å²) in [4.78, 5) is 0. The molecule has 0 N–H and O–H groups in total. The second kappa shape index (κ2) is 10.4. The van der Waals surface area contributed by atoms with Crippen LogP contribution < -0.4 is 0 Å². The maximum absolute atomic E-state index is 13.6. The molecule has 0 unspecified atom stereocenters. The molecule has 6 heteroatoms. The third-order valence-corrected chi connectivity index (χ3v) is 3.80. The highest BCUT2D eigenvalue weighted by Crippen LogP contribution is 2.29. The number of halogens is 1. The van der Waals surface area contributed by atoms with Gasteiger partial charge in [0, 0.05) is 18.8 Å². The zero-order valence-electron chi connectivity index (χ0n) is 15.6. The summed E-state index contributed by atoms with van der Waals surface area (Å²) in [5.41, 5.74) is -0.0855. The highest BCUT2D eigenvalue weighted by molar-refractivity contribution is 5.16. The van der Waals surface area contributed by atoms with E-state index >= 15 is 0 Å². The Bertz CT molecular complexity index is 619. The molecule has 0 bridgehead atoms. The molecule has 1 aromatic heterocycles. The van der Waals surface area contributed by atoms with Crippen molar-refractivity contribution in [3.8, 4) is 0 Å². The van der Waals surface area contributed by atoms with E-state index in [1.54, 1.807) is 36.6 Å². The molecule has 1 saturated heterocycles. The van der Waals surface area contributed by atoms with Crippen LogP contribution in [-0.4, -0.2) is 32.0 Å². The SMILES string of the molecule is CCOCC.C[C@]1(OCc2ccccc2F)CO[C@H](c2ccco2)OC1. The molecule has 0 atom stereocenters. The summed E-state index contributed by atoms with van der Waals surface area (Å²) < 4.78 is 40.7. The van der Waals surface area contributed by atoms with Gasteiger partial charge in [-0.3, -0.25) is 0 Å². The summed E-state index contributed by atoms with van der Waals surface area (Å²) >= 11 is 0. The van der Waals surface area contributed by atoms with E-state index < -0.39 is 11.9 Å². The first kappa shape index (κ1) is 20.6. The molecule has 1 aromatic carbocycles. The first-order valence-electron chi connectivity index (χ1n) is 8.79. The van der Waals surface area contributed by atoms with E-state index in [-0.39, 0.29) is 12.4 Å². The van der Waals surface area contributed by atoms with Gasteiger partial charge in [-0.2, -0.15) is 0 Å². The van der Waals surface area contributed by atoms with Gasteiger partial charge in [0.25, 0.3) is 0 Å². The Labute approximate surface area is 154 Å². The summed E-state index contributed by atoms with van der Waals surface area (Å²) in [7, 11) is 0. The lowest BCUT2D eigenvalue weighted by atomic mass is 10.1. The molecule has 0 aliphatic carbocycles. The molecule has 2 aromatic rings. The molecule has 0 spiro atoms. The predicted octanol–water partition coefficient (Wildman–Crippen LogP) is 4.48. The monoisotopic (exact) mass is 366 g/mol. The standard InChI is InChI=1S/C16H17FO4.C4H10O/c1-16(21-9-12-5-2-3-6-13(12)17)10-19-15(20-11-16)14-7-4-8-18-14;1-3-5-4-2/h2-8,15H,9-11H2,1H3;3-4H2,1-2H3/t15-,16-;. The Balaban J connectivity index is 0.000000431. The van der Waals surface area contributed by atoms with Crippen molar-refractivity contribution in [2.45, 2.75) is 39.3 Å². The van der Waals surface area contributed by atoms with Gasteiger partial charge in [0.2, 0.25) is 6.29 Å². The van der Waals surface area contributed by atoms with Crippen molar-refractivity contribution >= 4 is 0 Å². The van der Waals surface area contributed by atoms with Crippen molar-refractivity contribution in [3.63, 3.8) is 0 Å². The highest BCUT2D eigenvalue weighted by atomic mass is 19.1. The fraction of sp³-hybridized carbons (Fsp3) is 0.500. The molecule has 144 valence electrons. The van der Waals surface area contributed by atoms with E-state index in [0.717, 1.165) is 13.2 Å². The fourth-order valence-corrected chi connectivity index (χ4v) is 2.34. The maximum Gasteiger partial charge on any atom is 0.217 e. The fourth-order valence-electron chi connectivity index (χ4n) is 2.34. The Hall–Kier alpha value is -1.73. The van der Waals surface area contributed by atoms with Crippen LogP contribution in [0.25, 0.3) is 0 Å². The van der Waals surface area contributed by atoms with E-state index in [0.29, 0.717) is 24.5 Å². The second-order valence-electron chi connectivity index (χ2n) is 6.08. The molecule has 26 heavy (non-hydrogen) atoms. The van der Waals surface area contributed by atoms with Crippen LogP contribution in [0.1, 0.15) is 38.4 Å². The predicted molar refractivity (Wildman–Crippen MR) is 95.1 cm³/mol. The van der Waals surface area contributed by atoms with Crippen LogP contribution in [0.15, 0.2) is 47.1 Å². The van der Waals surface area contributed by atoms with Gasteiger partial charge in [-0.1, -0.05) is 18.2 Å². The zero-order chi connectivity index (χ0) is 18.8. The van der Waals surface area contributed by atoms with Crippen molar-refractivity contribution in [3.05, 3.63) is 59.8 Å².